The van der Waals surface area contributed by atoms with Crippen molar-refractivity contribution in [1.29, 1.82) is 0 Å². The molecule has 0 aliphatic carbocycles. The molecule has 7 heteroatoms. The number of rotatable bonds is 7. The van der Waals surface area contributed by atoms with Gasteiger partial charge in [-0.1, -0.05) is 0 Å². The summed E-state index contributed by atoms with van der Waals surface area (Å²) in [6, 6.07) is 7.21. The minimum Gasteiger partial charge on any atom is -0.481 e. The van der Waals surface area contributed by atoms with Crippen LogP contribution < -0.4 is 5.32 Å². The van der Waals surface area contributed by atoms with Crippen molar-refractivity contribution in [2.75, 3.05) is 13.7 Å². The van der Waals surface area contributed by atoms with E-state index in [-0.39, 0.29) is 18.9 Å². The van der Waals surface area contributed by atoms with Gasteiger partial charge < -0.3 is 19.6 Å². The maximum Gasteiger partial charge on any atom is 0.305 e. The second kappa shape index (κ2) is 6.97. The predicted molar refractivity (Wildman–Crippen MR) is 86.8 cm³/mol. The van der Waals surface area contributed by atoms with Crippen LogP contribution in [0.5, 0.6) is 0 Å². The van der Waals surface area contributed by atoms with Crippen LogP contribution in [-0.4, -0.2) is 36.2 Å². The van der Waals surface area contributed by atoms with Crippen LogP contribution in [-0.2, 0) is 9.53 Å². The number of hydrogen-bond acceptors (Lipinski definition) is 5. The van der Waals surface area contributed by atoms with Gasteiger partial charge in [0, 0.05) is 7.11 Å². The number of carboxylic acid groups (broad SMARTS) is 1. The molecule has 0 spiro atoms. The number of hydrogen-bond donors (Lipinski definition) is 2. The highest BCUT2D eigenvalue weighted by atomic mass is 32.1. The van der Waals surface area contributed by atoms with E-state index >= 15 is 0 Å². The van der Waals surface area contributed by atoms with E-state index in [2.05, 4.69) is 5.32 Å². The van der Waals surface area contributed by atoms with Crippen LogP contribution in [0.2, 0.25) is 0 Å². The van der Waals surface area contributed by atoms with Gasteiger partial charge in [0.1, 0.15) is 11.5 Å². The van der Waals surface area contributed by atoms with Gasteiger partial charge in [0.25, 0.3) is 5.91 Å². The van der Waals surface area contributed by atoms with Gasteiger partial charge in [0.2, 0.25) is 0 Å². The van der Waals surface area contributed by atoms with E-state index in [1.165, 1.54) is 18.4 Å². The third kappa shape index (κ3) is 4.43. The molecule has 2 aromatic rings. The molecule has 0 fully saturated rings. The minimum absolute atomic E-state index is 0.112. The molecule has 0 saturated heterocycles. The molecular weight excluding hydrogens is 318 g/mol. The van der Waals surface area contributed by atoms with Crippen molar-refractivity contribution in [3.63, 3.8) is 0 Å². The molecule has 0 aliphatic heterocycles. The second-order valence-corrected chi connectivity index (χ2v) is 6.68. The zero-order chi connectivity index (χ0) is 17.0. The van der Waals surface area contributed by atoms with Gasteiger partial charge in [0.15, 0.2) is 0 Å². The number of carboxylic acids is 1. The number of carbonyl (C=O) groups excluding carboxylic acids is 1. The average molecular weight is 337 g/mol. The SMILES string of the molecule is COCC(C)(CC(=O)O)NC(=O)c1ccc(-c2ccc(C)o2)s1. The zero-order valence-corrected chi connectivity index (χ0v) is 14.0. The van der Waals surface area contributed by atoms with Crippen LogP contribution in [0.25, 0.3) is 10.6 Å². The molecule has 0 aliphatic rings. The molecule has 1 unspecified atom stereocenters. The van der Waals surface area contributed by atoms with Crippen molar-refractivity contribution in [2.24, 2.45) is 0 Å². The smallest absolute Gasteiger partial charge is 0.305 e. The van der Waals surface area contributed by atoms with Crippen molar-refractivity contribution in [3.8, 4) is 10.6 Å². The van der Waals surface area contributed by atoms with E-state index in [1.807, 2.05) is 25.1 Å². The molecule has 0 saturated carbocycles. The van der Waals surface area contributed by atoms with Gasteiger partial charge in [-0.05, 0) is 38.1 Å². The first-order chi connectivity index (χ1) is 10.8. The molecule has 0 bridgehead atoms. The molecule has 2 rings (SSSR count). The highest BCUT2D eigenvalue weighted by Gasteiger charge is 2.30. The lowest BCUT2D eigenvalue weighted by atomic mass is 9.99. The maximum absolute atomic E-state index is 12.4. The van der Waals surface area contributed by atoms with Crippen molar-refractivity contribution in [2.45, 2.75) is 25.8 Å². The number of nitrogens with one attached hydrogen (secondary N) is 1. The number of amides is 1. The standard InChI is InChI=1S/C16H19NO5S/c1-10-4-5-11(22-10)12-6-7-13(23-12)15(20)17-16(2,9-21-3)8-14(18)19/h4-7H,8-9H2,1-3H3,(H,17,20)(H,18,19). The fourth-order valence-electron chi connectivity index (χ4n) is 2.28. The van der Waals surface area contributed by atoms with Crippen LogP contribution in [0.1, 0.15) is 28.8 Å². The topological polar surface area (TPSA) is 88.8 Å². The fraction of sp³-hybridized carbons (Fsp3) is 0.375. The summed E-state index contributed by atoms with van der Waals surface area (Å²) in [5.74, 6) is 0.179. The molecule has 2 N–H and O–H groups in total. The van der Waals surface area contributed by atoms with Crippen molar-refractivity contribution in [3.05, 3.63) is 34.9 Å². The zero-order valence-electron chi connectivity index (χ0n) is 13.2. The summed E-state index contributed by atoms with van der Waals surface area (Å²) in [6.45, 7) is 3.61. The monoisotopic (exact) mass is 337 g/mol. The Labute approximate surface area is 138 Å². The first kappa shape index (κ1) is 17.2. The average Bonchev–Trinajstić information content (AvgIpc) is 3.05. The number of furan rings is 1. The quantitative estimate of drug-likeness (QED) is 0.811. The molecule has 124 valence electrons. The van der Waals surface area contributed by atoms with E-state index in [4.69, 9.17) is 14.3 Å². The number of carbonyl (C=O) groups is 2. The maximum atomic E-state index is 12.4. The van der Waals surface area contributed by atoms with Crippen LogP contribution >= 0.6 is 11.3 Å². The second-order valence-electron chi connectivity index (χ2n) is 5.59. The van der Waals surface area contributed by atoms with E-state index in [0.717, 1.165) is 10.6 Å². The number of methoxy groups -OCH3 is 1. The van der Waals surface area contributed by atoms with Gasteiger partial charge in [-0.15, -0.1) is 11.3 Å². The van der Waals surface area contributed by atoms with Gasteiger partial charge in [0.05, 0.1) is 28.3 Å². The lowest BCUT2D eigenvalue weighted by Gasteiger charge is -2.28. The van der Waals surface area contributed by atoms with Gasteiger partial charge >= 0.3 is 5.97 Å². The molecule has 1 atom stereocenters. The largest absolute Gasteiger partial charge is 0.481 e. The minimum atomic E-state index is -0.997. The van der Waals surface area contributed by atoms with Crippen LogP contribution in [0, 0.1) is 6.92 Å². The Hall–Kier alpha value is -2.12. The third-order valence-corrected chi connectivity index (χ3v) is 4.33. The Morgan fingerprint density at radius 2 is 2.09 bits per heavy atom. The van der Waals surface area contributed by atoms with E-state index < -0.39 is 11.5 Å². The molecular formula is C16H19NO5S. The molecule has 0 aromatic carbocycles. The number of thiophene rings is 1. The van der Waals surface area contributed by atoms with E-state index in [9.17, 15) is 9.59 Å². The Balaban J connectivity index is 2.13. The molecule has 23 heavy (non-hydrogen) atoms. The number of ether oxygens (including phenoxy) is 1. The first-order valence-electron chi connectivity index (χ1n) is 7.03. The first-order valence-corrected chi connectivity index (χ1v) is 7.84. The molecule has 1 amide bonds. The Bertz CT molecular complexity index is 705. The molecule has 2 heterocycles. The Morgan fingerprint density at radius 3 is 2.65 bits per heavy atom. The molecule has 6 nitrogen and oxygen atoms in total. The Morgan fingerprint density at radius 1 is 1.35 bits per heavy atom. The van der Waals surface area contributed by atoms with Crippen molar-refractivity contribution in [1.82, 2.24) is 5.32 Å². The lowest BCUT2D eigenvalue weighted by Crippen LogP contribution is -2.50. The highest BCUT2D eigenvalue weighted by molar-refractivity contribution is 7.17. The molecule has 0 radical (unpaired) electrons. The van der Waals surface area contributed by atoms with Crippen LogP contribution in [0.15, 0.2) is 28.7 Å². The van der Waals surface area contributed by atoms with Gasteiger partial charge in [-0.2, -0.15) is 0 Å². The van der Waals surface area contributed by atoms with Gasteiger partial charge in [-0.25, -0.2) is 0 Å². The van der Waals surface area contributed by atoms with Crippen molar-refractivity contribution < 1.29 is 23.8 Å². The van der Waals surface area contributed by atoms with E-state index in [1.54, 1.807) is 13.0 Å². The summed E-state index contributed by atoms with van der Waals surface area (Å²) in [5.41, 5.74) is -0.969. The number of aliphatic carboxylic acids is 1. The normalized spacial score (nSPS) is 13.5. The third-order valence-electron chi connectivity index (χ3n) is 3.23. The molecule has 2 aromatic heterocycles. The summed E-state index contributed by atoms with van der Waals surface area (Å²) in [4.78, 5) is 24.7. The number of aryl methyl sites for hydroxylation is 1. The fourth-order valence-corrected chi connectivity index (χ4v) is 3.14. The van der Waals surface area contributed by atoms with E-state index in [0.29, 0.717) is 10.6 Å². The highest BCUT2D eigenvalue weighted by Crippen LogP contribution is 2.29. The lowest BCUT2D eigenvalue weighted by molar-refractivity contribution is -0.139. The van der Waals surface area contributed by atoms with Crippen LogP contribution in [0.3, 0.4) is 0 Å². The Kier molecular flexibility index (Phi) is 5.23. The summed E-state index contributed by atoms with van der Waals surface area (Å²) in [7, 11) is 1.47. The summed E-state index contributed by atoms with van der Waals surface area (Å²) >= 11 is 1.29. The summed E-state index contributed by atoms with van der Waals surface area (Å²) in [6.07, 6.45) is -0.220. The predicted octanol–water partition coefficient (Wildman–Crippen LogP) is 2.93. The van der Waals surface area contributed by atoms with Gasteiger partial charge in [-0.3, -0.25) is 9.59 Å². The summed E-state index contributed by atoms with van der Waals surface area (Å²) < 4.78 is 10.6. The summed E-state index contributed by atoms with van der Waals surface area (Å²) in [5, 5.41) is 11.7. The van der Waals surface area contributed by atoms with Crippen molar-refractivity contribution >= 4 is 23.2 Å². The van der Waals surface area contributed by atoms with Crippen LogP contribution in [0.4, 0.5) is 0 Å².